The molecule has 1 amide bonds. The van der Waals surface area contributed by atoms with E-state index in [0.29, 0.717) is 21.8 Å². The molecule has 2 aromatic carbocycles. The topological polar surface area (TPSA) is 57.7 Å². The van der Waals surface area contributed by atoms with E-state index < -0.39 is 10.0 Å². The summed E-state index contributed by atoms with van der Waals surface area (Å²) < 4.78 is 41.9. The Morgan fingerprint density at radius 2 is 1.73 bits per heavy atom. The Bertz CT molecular complexity index is 1020. The van der Waals surface area contributed by atoms with Crippen molar-refractivity contribution < 1.29 is 17.6 Å². The lowest BCUT2D eigenvalue weighted by molar-refractivity contribution is -0.137. The second-order valence-corrected chi connectivity index (χ2v) is 11.1. The third kappa shape index (κ3) is 4.95. The van der Waals surface area contributed by atoms with Gasteiger partial charge in [0.25, 0.3) is 0 Å². The van der Waals surface area contributed by atoms with Crippen molar-refractivity contribution in [2.45, 2.75) is 30.7 Å². The van der Waals surface area contributed by atoms with Crippen LogP contribution in [0, 0.1) is 11.7 Å². The van der Waals surface area contributed by atoms with E-state index in [-0.39, 0.29) is 41.7 Å². The van der Waals surface area contributed by atoms with Crippen LogP contribution in [0.4, 0.5) is 4.39 Å². The summed E-state index contributed by atoms with van der Waals surface area (Å²) in [5.41, 5.74) is 0.853. The van der Waals surface area contributed by atoms with Crippen LogP contribution in [0.2, 0.25) is 0 Å². The van der Waals surface area contributed by atoms with Gasteiger partial charge in [0.05, 0.1) is 10.9 Å². The van der Waals surface area contributed by atoms with Gasteiger partial charge in [-0.1, -0.05) is 28.1 Å². The third-order valence-corrected chi connectivity index (χ3v) is 8.98. The quantitative estimate of drug-likeness (QED) is 0.518. The summed E-state index contributed by atoms with van der Waals surface area (Å²) >= 11 is 6.64. The standard InChI is InChI=1S/C21H23Br2FN2O3S/c1-14(15-3-6-18(24)7-4-15)25(2)21(27)16-9-11-26(12-10-16)30(28,29)20-13-17(22)5-8-19(20)23/h3-8,13-14,16H,9-12H2,1-2H3. The van der Waals surface area contributed by atoms with E-state index in [1.807, 2.05) is 6.92 Å². The highest BCUT2D eigenvalue weighted by Crippen LogP contribution is 2.32. The molecule has 0 N–H and O–H groups in total. The summed E-state index contributed by atoms with van der Waals surface area (Å²) in [5, 5.41) is 0. The van der Waals surface area contributed by atoms with E-state index in [1.54, 1.807) is 42.3 Å². The molecular weight excluding hydrogens is 539 g/mol. The lowest BCUT2D eigenvalue weighted by Gasteiger charge is -2.34. The first kappa shape index (κ1) is 23.4. The summed E-state index contributed by atoms with van der Waals surface area (Å²) in [7, 11) is -1.92. The maximum Gasteiger partial charge on any atom is 0.244 e. The van der Waals surface area contributed by atoms with Crippen LogP contribution in [0.25, 0.3) is 0 Å². The van der Waals surface area contributed by atoms with Crippen molar-refractivity contribution >= 4 is 47.8 Å². The van der Waals surface area contributed by atoms with Crippen molar-refractivity contribution in [1.29, 1.82) is 0 Å². The SMILES string of the molecule is CC(c1ccc(F)cc1)N(C)C(=O)C1CCN(S(=O)(=O)c2cc(Br)ccc2Br)CC1. The second kappa shape index (κ2) is 9.46. The average molecular weight is 562 g/mol. The Balaban J connectivity index is 1.66. The van der Waals surface area contributed by atoms with Gasteiger partial charge in [-0.25, -0.2) is 12.8 Å². The van der Waals surface area contributed by atoms with Crippen molar-refractivity contribution in [3.63, 3.8) is 0 Å². The van der Waals surface area contributed by atoms with E-state index in [4.69, 9.17) is 0 Å². The molecule has 0 aliphatic carbocycles. The Kier molecular flexibility index (Phi) is 7.37. The van der Waals surface area contributed by atoms with Crippen LogP contribution < -0.4 is 0 Å². The van der Waals surface area contributed by atoms with Crippen LogP contribution in [-0.4, -0.2) is 43.7 Å². The zero-order valence-corrected chi connectivity index (χ0v) is 20.7. The number of rotatable bonds is 5. The molecule has 1 saturated heterocycles. The summed E-state index contributed by atoms with van der Waals surface area (Å²) in [5.74, 6) is -0.576. The lowest BCUT2D eigenvalue weighted by atomic mass is 9.95. The molecule has 9 heteroatoms. The highest BCUT2D eigenvalue weighted by molar-refractivity contribution is 9.11. The minimum absolute atomic E-state index is 0.0208. The van der Waals surface area contributed by atoms with Crippen molar-refractivity contribution in [3.05, 3.63) is 62.8 Å². The number of hydrogen-bond donors (Lipinski definition) is 0. The largest absolute Gasteiger partial charge is 0.339 e. The van der Waals surface area contributed by atoms with Crippen molar-refractivity contribution in [3.8, 4) is 0 Å². The Labute approximate surface area is 193 Å². The molecule has 0 saturated carbocycles. The van der Waals surface area contributed by atoms with Gasteiger partial charge in [-0.3, -0.25) is 4.79 Å². The molecule has 0 spiro atoms. The van der Waals surface area contributed by atoms with Gasteiger partial charge in [-0.2, -0.15) is 4.31 Å². The second-order valence-electron chi connectivity index (χ2n) is 7.43. The van der Waals surface area contributed by atoms with Crippen LogP contribution >= 0.6 is 31.9 Å². The lowest BCUT2D eigenvalue weighted by Crippen LogP contribution is -2.44. The van der Waals surface area contributed by atoms with Gasteiger partial charge in [0.2, 0.25) is 15.9 Å². The fourth-order valence-corrected chi connectivity index (χ4v) is 6.53. The smallest absolute Gasteiger partial charge is 0.244 e. The minimum Gasteiger partial charge on any atom is -0.339 e. The first-order valence-corrected chi connectivity index (χ1v) is 12.6. The van der Waals surface area contributed by atoms with Gasteiger partial charge in [-0.05, 0) is 71.6 Å². The maximum absolute atomic E-state index is 13.2. The number of piperidine rings is 1. The third-order valence-electron chi connectivity index (χ3n) is 5.60. The van der Waals surface area contributed by atoms with Crippen LogP contribution in [0.5, 0.6) is 0 Å². The number of benzene rings is 2. The molecule has 5 nitrogen and oxygen atoms in total. The van der Waals surface area contributed by atoms with Crippen LogP contribution in [0.1, 0.15) is 31.4 Å². The zero-order valence-electron chi connectivity index (χ0n) is 16.7. The van der Waals surface area contributed by atoms with E-state index in [0.717, 1.165) is 5.56 Å². The number of amides is 1. The number of sulfonamides is 1. The van der Waals surface area contributed by atoms with E-state index in [2.05, 4.69) is 31.9 Å². The monoisotopic (exact) mass is 560 g/mol. The van der Waals surface area contributed by atoms with Gasteiger partial charge in [0.15, 0.2) is 0 Å². The number of halogens is 3. The molecule has 0 aromatic heterocycles. The van der Waals surface area contributed by atoms with Crippen LogP contribution in [-0.2, 0) is 14.8 Å². The zero-order chi connectivity index (χ0) is 22.1. The predicted octanol–water partition coefficient (Wildman–Crippen LogP) is 4.97. The Hall–Kier alpha value is -1.29. The van der Waals surface area contributed by atoms with E-state index >= 15 is 0 Å². The average Bonchev–Trinajstić information content (AvgIpc) is 2.74. The molecule has 1 aliphatic rings. The Morgan fingerprint density at radius 1 is 1.13 bits per heavy atom. The van der Waals surface area contributed by atoms with E-state index in [1.165, 1.54) is 16.4 Å². The van der Waals surface area contributed by atoms with Crippen molar-refractivity contribution in [2.75, 3.05) is 20.1 Å². The highest BCUT2D eigenvalue weighted by Gasteiger charge is 2.35. The summed E-state index contributed by atoms with van der Waals surface area (Å²) in [4.78, 5) is 14.8. The van der Waals surface area contributed by atoms with E-state index in [9.17, 15) is 17.6 Å². The highest BCUT2D eigenvalue weighted by atomic mass is 79.9. The molecular formula is C21H23Br2FN2O3S. The van der Waals surface area contributed by atoms with Crippen LogP contribution in [0.3, 0.4) is 0 Å². The van der Waals surface area contributed by atoms with Crippen molar-refractivity contribution in [2.24, 2.45) is 5.92 Å². The molecule has 1 unspecified atom stereocenters. The maximum atomic E-state index is 13.2. The molecule has 1 fully saturated rings. The predicted molar refractivity (Wildman–Crippen MR) is 121 cm³/mol. The van der Waals surface area contributed by atoms with Crippen molar-refractivity contribution in [1.82, 2.24) is 9.21 Å². The molecule has 30 heavy (non-hydrogen) atoms. The fourth-order valence-electron chi connectivity index (χ4n) is 3.60. The molecule has 3 rings (SSSR count). The number of hydrogen-bond acceptors (Lipinski definition) is 3. The van der Waals surface area contributed by atoms with Gasteiger partial charge < -0.3 is 4.90 Å². The normalized spacial score (nSPS) is 17.0. The number of nitrogens with zero attached hydrogens (tertiary/aromatic N) is 2. The molecule has 1 heterocycles. The molecule has 162 valence electrons. The van der Waals surface area contributed by atoms with Gasteiger partial charge >= 0.3 is 0 Å². The minimum atomic E-state index is -3.65. The number of carbonyl (C=O) groups is 1. The van der Waals surface area contributed by atoms with Gasteiger partial charge in [0.1, 0.15) is 5.82 Å². The Morgan fingerprint density at radius 3 is 2.33 bits per heavy atom. The van der Waals surface area contributed by atoms with Crippen LogP contribution in [0.15, 0.2) is 56.3 Å². The molecule has 0 radical (unpaired) electrons. The fraction of sp³-hybridized carbons (Fsp3) is 0.381. The molecule has 2 aromatic rings. The number of carbonyl (C=O) groups excluding carboxylic acids is 1. The summed E-state index contributed by atoms with van der Waals surface area (Å²) in [6, 6.07) is 11.0. The first-order valence-electron chi connectivity index (χ1n) is 9.58. The van der Waals surface area contributed by atoms with Gasteiger partial charge in [0, 0.05) is 35.0 Å². The first-order chi connectivity index (χ1) is 14.1. The summed E-state index contributed by atoms with van der Waals surface area (Å²) in [6.07, 6.45) is 0.925. The molecule has 0 bridgehead atoms. The summed E-state index contributed by atoms with van der Waals surface area (Å²) in [6.45, 7) is 2.47. The van der Waals surface area contributed by atoms with Gasteiger partial charge in [-0.15, -0.1) is 0 Å². The molecule has 1 aliphatic heterocycles. The molecule has 1 atom stereocenters.